The molecule has 1 N–H and O–H groups in total. The number of ether oxygens (including phenoxy) is 2. The fourth-order valence-corrected chi connectivity index (χ4v) is 1.50. The Kier molecular flexibility index (Phi) is 3.69. The molecule has 0 bridgehead atoms. The predicted molar refractivity (Wildman–Crippen MR) is 54.5 cm³/mol. The average Bonchev–Trinajstić information content (AvgIpc) is 2.29. The number of morpholine rings is 1. The van der Waals surface area contributed by atoms with Gasteiger partial charge in [-0.05, 0) is 12.1 Å². The van der Waals surface area contributed by atoms with Crippen LogP contribution in [0.5, 0.6) is 5.75 Å². The maximum Gasteiger partial charge on any atom is 0.167 e. The molecule has 88 valence electrons. The molecule has 1 saturated heterocycles. The molecule has 2 rings (SSSR count). The first-order valence-electron chi connectivity index (χ1n) is 5.16. The van der Waals surface area contributed by atoms with Gasteiger partial charge in [0, 0.05) is 19.2 Å². The summed E-state index contributed by atoms with van der Waals surface area (Å²) in [7, 11) is 0. The molecule has 0 aromatic heterocycles. The summed E-state index contributed by atoms with van der Waals surface area (Å²) in [6, 6.07) is 3.24. The van der Waals surface area contributed by atoms with E-state index < -0.39 is 11.6 Å². The van der Waals surface area contributed by atoms with Crippen LogP contribution in [0.4, 0.5) is 8.78 Å². The van der Waals surface area contributed by atoms with Crippen LogP contribution in [0.15, 0.2) is 18.2 Å². The predicted octanol–water partition coefficient (Wildman–Crippen LogP) is 1.33. The van der Waals surface area contributed by atoms with Gasteiger partial charge in [-0.1, -0.05) is 0 Å². The summed E-state index contributed by atoms with van der Waals surface area (Å²) in [5.74, 6) is -1.25. The number of nitrogens with one attached hydrogen (secondary N) is 1. The first-order valence-corrected chi connectivity index (χ1v) is 5.16. The number of rotatable bonds is 3. The Morgan fingerprint density at radius 1 is 1.44 bits per heavy atom. The van der Waals surface area contributed by atoms with Gasteiger partial charge in [0.2, 0.25) is 0 Å². The summed E-state index contributed by atoms with van der Waals surface area (Å²) < 4.78 is 36.4. The van der Waals surface area contributed by atoms with Crippen molar-refractivity contribution < 1.29 is 18.3 Å². The molecule has 16 heavy (non-hydrogen) atoms. The number of hydrogen-bond acceptors (Lipinski definition) is 3. The highest BCUT2D eigenvalue weighted by molar-refractivity contribution is 5.24. The Labute approximate surface area is 92.4 Å². The fourth-order valence-electron chi connectivity index (χ4n) is 1.50. The van der Waals surface area contributed by atoms with Crippen LogP contribution in [0.25, 0.3) is 0 Å². The molecule has 0 amide bonds. The van der Waals surface area contributed by atoms with Gasteiger partial charge in [-0.15, -0.1) is 0 Å². The van der Waals surface area contributed by atoms with Crippen molar-refractivity contribution in [3.8, 4) is 5.75 Å². The second kappa shape index (κ2) is 5.23. The molecule has 1 heterocycles. The van der Waals surface area contributed by atoms with Crippen molar-refractivity contribution in [2.45, 2.75) is 6.10 Å². The Bertz CT molecular complexity index is 354. The van der Waals surface area contributed by atoms with Gasteiger partial charge in [0.05, 0.1) is 6.61 Å². The van der Waals surface area contributed by atoms with Crippen LogP contribution in [0.1, 0.15) is 0 Å². The van der Waals surface area contributed by atoms with E-state index in [2.05, 4.69) is 5.32 Å². The highest BCUT2D eigenvalue weighted by atomic mass is 19.1. The zero-order valence-electron chi connectivity index (χ0n) is 8.71. The Morgan fingerprint density at radius 2 is 2.31 bits per heavy atom. The maximum atomic E-state index is 13.2. The smallest absolute Gasteiger partial charge is 0.167 e. The quantitative estimate of drug-likeness (QED) is 0.848. The van der Waals surface area contributed by atoms with Crippen LogP contribution in [-0.4, -0.2) is 32.4 Å². The molecule has 0 aliphatic carbocycles. The largest absolute Gasteiger partial charge is 0.488 e. The molecule has 0 radical (unpaired) electrons. The SMILES string of the molecule is Fc1ccc(OCC2CNCCO2)c(F)c1. The van der Waals surface area contributed by atoms with Crippen LogP contribution in [-0.2, 0) is 4.74 Å². The lowest BCUT2D eigenvalue weighted by atomic mass is 10.3. The molecule has 1 unspecified atom stereocenters. The summed E-state index contributed by atoms with van der Waals surface area (Å²) in [6.07, 6.45) is -0.0850. The first-order chi connectivity index (χ1) is 7.75. The zero-order valence-corrected chi connectivity index (χ0v) is 8.71. The molecule has 1 aliphatic heterocycles. The van der Waals surface area contributed by atoms with Crippen molar-refractivity contribution in [1.29, 1.82) is 0 Å². The highest BCUT2D eigenvalue weighted by Crippen LogP contribution is 2.18. The van der Waals surface area contributed by atoms with Crippen molar-refractivity contribution in [3.63, 3.8) is 0 Å². The van der Waals surface area contributed by atoms with Gasteiger partial charge in [0.1, 0.15) is 18.5 Å². The van der Waals surface area contributed by atoms with Crippen LogP contribution in [0.2, 0.25) is 0 Å². The van der Waals surface area contributed by atoms with Gasteiger partial charge < -0.3 is 14.8 Å². The minimum Gasteiger partial charge on any atom is -0.488 e. The third-order valence-corrected chi connectivity index (χ3v) is 2.32. The molecule has 0 saturated carbocycles. The van der Waals surface area contributed by atoms with Crippen LogP contribution < -0.4 is 10.1 Å². The zero-order chi connectivity index (χ0) is 11.4. The molecule has 1 aliphatic rings. The van der Waals surface area contributed by atoms with Crippen LogP contribution in [0, 0.1) is 11.6 Å². The molecular formula is C11H13F2NO2. The maximum absolute atomic E-state index is 13.2. The van der Waals surface area contributed by atoms with Gasteiger partial charge in [0.15, 0.2) is 11.6 Å². The van der Waals surface area contributed by atoms with Crippen molar-refractivity contribution in [2.24, 2.45) is 0 Å². The van der Waals surface area contributed by atoms with E-state index in [0.717, 1.165) is 12.6 Å². The summed E-state index contributed by atoms with van der Waals surface area (Å²) in [5, 5.41) is 3.14. The van der Waals surface area contributed by atoms with E-state index in [1.165, 1.54) is 12.1 Å². The fraction of sp³-hybridized carbons (Fsp3) is 0.455. The van der Waals surface area contributed by atoms with Crippen LogP contribution >= 0.6 is 0 Å². The molecule has 1 fully saturated rings. The van der Waals surface area contributed by atoms with E-state index in [-0.39, 0.29) is 18.5 Å². The van der Waals surface area contributed by atoms with Crippen molar-refractivity contribution in [2.75, 3.05) is 26.3 Å². The summed E-state index contributed by atoms with van der Waals surface area (Å²) in [5.41, 5.74) is 0. The lowest BCUT2D eigenvalue weighted by Crippen LogP contribution is -2.41. The number of halogens is 2. The highest BCUT2D eigenvalue weighted by Gasteiger charge is 2.15. The van der Waals surface area contributed by atoms with E-state index in [9.17, 15) is 8.78 Å². The third-order valence-electron chi connectivity index (χ3n) is 2.32. The Morgan fingerprint density at radius 3 is 3.00 bits per heavy atom. The van der Waals surface area contributed by atoms with Crippen LogP contribution in [0.3, 0.4) is 0 Å². The molecule has 1 aromatic rings. The summed E-state index contributed by atoms with van der Waals surface area (Å²) in [6.45, 7) is 2.39. The Balaban J connectivity index is 1.88. The lowest BCUT2D eigenvalue weighted by Gasteiger charge is -2.23. The van der Waals surface area contributed by atoms with Crippen molar-refractivity contribution >= 4 is 0 Å². The first kappa shape index (κ1) is 11.3. The van der Waals surface area contributed by atoms with E-state index in [1.54, 1.807) is 0 Å². The standard InChI is InChI=1S/C11H13F2NO2/c12-8-1-2-11(10(13)5-8)16-7-9-6-14-3-4-15-9/h1-2,5,9,14H,3-4,6-7H2. The average molecular weight is 229 g/mol. The second-order valence-electron chi connectivity index (χ2n) is 3.58. The van der Waals surface area contributed by atoms with Crippen molar-refractivity contribution in [3.05, 3.63) is 29.8 Å². The normalized spacial score (nSPS) is 20.8. The van der Waals surface area contributed by atoms with Gasteiger partial charge in [-0.3, -0.25) is 0 Å². The third kappa shape index (κ3) is 2.90. The number of hydrogen-bond donors (Lipinski definition) is 1. The van der Waals surface area contributed by atoms with E-state index in [1.807, 2.05) is 0 Å². The van der Waals surface area contributed by atoms with Crippen molar-refractivity contribution in [1.82, 2.24) is 5.32 Å². The molecule has 1 atom stereocenters. The summed E-state index contributed by atoms with van der Waals surface area (Å²) >= 11 is 0. The van der Waals surface area contributed by atoms with Gasteiger partial charge in [0.25, 0.3) is 0 Å². The van der Waals surface area contributed by atoms with E-state index in [4.69, 9.17) is 9.47 Å². The molecule has 5 heteroatoms. The number of benzene rings is 1. The molecular weight excluding hydrogens is 216 g/mol. The topological polar surface area (TPSA) is 30.5 Å². The molecule has 3 nitrogen and oxygen atoms in total. The van der Waals surface area contributed by atoms with Gasteiger partial charge >= 0.3 is 0 Å². The summed E-state index contributed by atoms with van der Waals surface area (Å²) in [4.78, 5) is 0. The van der Waals surface area contributed by atoms with E-state index in [0.29, 0.717) is 13.2 Å². The minimum atomic E-state index is -0.691. The molecule has 1 aromatic carbocycles. The van der Waals surface area contributed by atoms with Gasteiger partial charge in [-0.25, -0.2) is 8.78 Å². The molecule has 0 spiro atoms. The lowest BCUT2D eigenvalue weighted by molar-refractivity contribution is -0.000557. The minimum absolute atomic E-state index is 0.0515. The Hall–Kier alpha value is -1.20. The van der Waals surface area contributed by atoms with Gasteiger partial charge in [-0.2, -0.15) is 0 Å². The van der Waals surface area contributed by atoms with E-state index >= 15 is 0 Å². The second-order valence-corrected chi connectivity index (χ2v) is 3.58. The monoisotopic (exact) mass is 229 g/mol.